The average molecular weight is 296 g/mol. The van der Waals surface area contributed by atoms with E-state index in [-0.39, 0.29) is 10.7 Å². The molecule has 0 aromatic carbocycles. The van der Waals surface area contributed by atoms with Crippen molar-refractivity contribution in [1.29, 1.82) is 0 Å². The second kappa shape index (κ2) is 7.16. The van der Waals surface area contributed by atoms with Crippen molar-refractivity contribution in [1.82, 2.24) is 9.97 Å². The maximum Gasteiger partial charge on any atom is 0.135 e. The molecular weight excluding hydrogens is 268 g/mol. The molecule has 0 unspecified atom stereocenters. The number of nitrogen functional groups attached to an aromatic ring is 1. The van der Waals surface area contributed by atoms with Gasteiger partial charge >= 0.3 is 0 Å². The number of thioether (sulfide) groups is 1. The first-order valence-corrected chi connectivity index (χ1v) is 8.54. The second-order valence-corrected chi connectivity index (χ2v) is 6.82. The van der Waals surface area contributed by atoms with Crippen molar-refractivity contribution in [2.45, 2.75) is 58.1 Å². The lowest BCUT2D eigenvalue weighted by atomic mass is 10.0. The lowest BCUT2D eigenvalue weighted by molar-refractivity contribution is 0.573. The van der Waals surface area contributed by atoms with E-state index < -0.39 is 0 Å². The summed E-state index contributed by atoms with van der Waals surface area (Å²) < 4.78 is 0.254. The van der Waals surface area contributed by atoms with Crippen LogP contribution >= 0.6 is 11.8 Å². The Labute approximate surface area is 127 Å². The first-order valence-electron chi connectivity index (χ1n) is 7.32. The number of hydrogen-bond acceptors (Lipinski definition) is 5. The molecule has 20 heavy (non-hydrogen) atoms. The van der Waals surface area contributed by atoms with Gasteiger partial charge in [-0.15, -0.1) is 0 Å². The van der Waals surface area contributed by atoms with Gasteiger partial charge in [0.2, 0.25) is 0 Å². The Hall–Kier alpha value is -0.970. The molecule has 0 aliphatic carbocycles. The normalized spacial score (nSPS) is 11.9. The molecule has 0 saturated carbocycles. The van der Waals surface area contributed by atoms with Crippen molar-refractivity contribution in [2.24, 2.45) is 0 Å². The Morgan fingerprint density at radius 2 is 1.85 bits per heavy atom. The number of nitrogens with zero attached hydrogens (tertiary/aromatic N) is 2. The number of aromatic nitrogens is 2. The van der Waals surface area contributed by atoms with Gasteiger partial charge in [0.25, 0.3) is 0 Å². The quantitative estimate of drug-likeness (QED) is 0.800. The molecule has 1 aromatic heterocycles. The fraction of sp³-hybridized carbons (Fsp3) is 0.733. The van der Waals surface area contributed by atoms with Crippen molar-refractivity contribution in [3.05, 3.63) is 11.4 Å². The van der Waals surface area contributed by atoms with E-state index in [4.69, 9.17) is 5.73 Å². The van der Waals surface area contributed by atoms with Crippen LogP contribution in [0.1, 0.15) is 57.8 Å². The largest absolute Gasteiger partial charge is 0.383 e. The van der Waals surface area contributed by atoms with Crippen molar-refractivity contribution >= 4 is 23.4 Å². The number of anilines is 2. The fourth-order valence-corrected chi connectivity index (χ4v) is 2.88. The summed E-state index contributed by atoms with van der Waals surface area (Å²) in [5.74, 6) is 2.54. The van der Waals surface area contributed by atoms with Crippen molar-refractivity contribution in [3.63, 3.8) is 0 Å². The van der Waals surface area contributed by atoms with Crippen molar-refractivity contribution in [3.8, 4) is 0 Å². The molecule has 0 bridgehead atoms. The molecule has 0 aliphatic rings. The van der Waals surface area contributed by atoms with Gasteiger partial charge in [-0.25, -0.2) is 9.97 Å². The van der Waals surface area contributed by atoms with E-state index in [9.17, 15) is 0 Å². The molecule has 114 valence electrons. The van der Waals surface area contributed by atoms with Crippen LogP contribution in [0.25, 0.3) is 0 Å². The number of nitrogens with one attached hydrogen (secondary N) is 1. The van der Waals surface area contributed by atoms with Crippen LogP contribution in [0.3, 0.4) is 0 Å². The van der Waals surface area contributed by atoms with Gasteiger partial charge in [-0.3, -0.25) is 0 Å². The van der Waals surface area contributed by atoms with E-state index in [0.717, 1.165) is 36.6 Å². The van der Waals surface area contributed by atoms with Gasteiger partial charge in [-0.05, 0) is 26.0 Å². The summed E-state index contributed by atoms with van der Waals surface area (Å²) in [5.41, 5.74) is 6.94. The van der Waals surface area contributed by atoms with Crippen LogP contribution in [-0.2, 0) is 0 Å². The summed E-state index contributed by atoms with van der Waals surface area (Å²) in [7, 11) is 0. The lowest BCUT2D eigenvalue weighted by Gasteiger charge is -2.30. The summed E-state index contributed by atoms with van der Waals surface area (Å²) in [6.07, 6.45) is 4.44. The minimum absolute atomic E-state index is 0.254. The van der Waals surface area contributed by atoms with Gasteiger partial charge in [0, 0.05) is 22.8 Å². The predicted octanol–water partition coefficient (Wildman–Crippen LogP) is 3.82. The second-order valence-electron chi connectivity index (χ2n) is 5.54. The van der Waals surface area contributed by atoms with E-state index in [1.54, 1.807) is 0 Å². The van der Waals surface area contributed by atoms with Crippen LogP contribution in [-0.4, -0.2) is 27.5 Å². The van der Waals surface area contributed by atoms with E-state index in [0.29, 0.717) is 5.82 Å². The summed E-state index contributed by atoms with van der Waals surface area (Å²) >= 11 is 1.92. The first kappa shape index (κ1) is 17.1. The molecular formula is C15H28N4S. The maximum atomic E-state index is 6.00. The fourth-order valence-electron chi connectivity index (χ4n) is 2.09. The summed E-state index contributed by atoms with van der Waals surface area (Å²) in [6.45, 7) is 11.5. The third-order valence-corrected chi connectivity index (χ3v) is 5.60. The molecule has 0 amide bonds. The van der Waals surface area contributed by atoms with Crippen LogP contribution < -0.4 is 11.1 Å². The summed E-state index contributed by atoms with van der Waals surface area (Å²) in [4.78, 5) is 8.99. The van der Waals surface area contributed by atoms with E-state index in [1.807, 2.05) is 18.7 Å². The highest BCUT2D eigenvalue weighted by molar-refractivity contribution is 8.00. The number of hydrogen-bond donors (Lipinski definition) is 2. The standard InChI is InChI=1S/C15H28N4S/c1-7-15(8-2,20-6)9-17-14-11(5)12(16)18-13(19-14)10(3)4/h10H,7-9H2,1-6H3,(H3,16,17,18,19). The zero-order valence-electron chi connectivity index (χ0n) is 13.6. The Kier molecular flexibility index (Phi) is 6.11. The monoisotopic (exact) mass is 296 g/mol. The minimum atomic E-state index is 0.254. The summed E-state index contributed by atoms with van der Waals surface area (Å²) in [6, 6.07) is 0. The van der Waals surface area contributed by atoms with Gasteiger partial charge < -0.3 is 11.1 Å². The lowest BCUT2D eigenvalue weighted by Crippen LogP contribution is -2.32. The number of nitrogens with two attached hydrogens (primary N) is 1. The van der Waals surface area contributed by atoms with Gasteiger partial charge in [-0.2, -0.15) is 11.8 Å². The molecule has 1 heterocycles. The van der Waals surface area contributed by atoms with E-state index >= 15 is 0 Å². The Balaban J connectivity index is 2.97. The first-order chi connectivity index (χ1) is 9.39. The van der Waals surface area contributed by atoms with Gasteiger partial charge in [-0.1, -0.05) is 27.7 Å². The smallest absolute Gasteiger partial charge is 0.135 e. The molecule has 0 atom stereocenters. The molecule has 1 aromatic rings. The minimum Gasteiger partial charge on any atom is -0.383 e. The third kappa shape index (κ3) is 3.78. The zero-order chi connectivity index (χ0) is 15.3. The van der Waals surface area contributed by atoms with Crippen LogP contribution in [0.2, 0.25) is 0 Å². The predicted molar refractivity (Wildman–Crippen MR) is 90.6 cm³/mol. The molecule has 4 nitrogen and oxygen atoms in total. The zero-order valence-corrected chi connectivity index (χ0v) is 14.4. The summed E-state index contributed by atoms with van der Waals surface area (Å²) in [5, 5.41) is 3.49. The molecule has 0 aliphatic heterocycles. The third-order valence-electron chi connectivity index (χ3n) is 4.02. The molecule has 5 heteroatoms. The molecule has 1 rings (SSSR count). The molecule has 0 spiro atoms. The van der Waals surface area contributed by atoms with Crippen LogP contribution in [0.15, 0.2) is 0 Å². The molecule has 0 saturated heterocycles. The van der Waals surface area contributed by atoms with Gasteiger partial charge in [0.05, 0.1) is 0 Å². The maximum absolute atomic E-state index is 6.00. The van der Waals surface area contributed by atoms with Crippen molar-refractivity contribution in [2.75, 3.05) is 23.9 Å². The molecule has 0 fully saturated rings. The topological polar surface area (TPSA) is 63.8 Å². The molecule has 0 radical (unpaired) electrons. The Morgan fingerprint density at radius 1 is 1.25 bits per heavy atom. The van der Waals surface area contributed by atoms with Gasteiger partial charge in [0.1, 0.15) is 17.5 Å². The van der Waals surface area contributed by atoms with Gasteiger partial charge in [0.15, 0.2) is 0 Å². The van der Waals surface area contributed by atoms with Crippen LogP contribution in [0, 0.1) is 6.92 Å². The SMILES string of the molecule is CCC(CC)(CNc1nc(C(C)C)nc(N)c1C)SC. The number of rotatable bonds is 7. The van der Waals surface area contributed by atoms with Crippen LogP contribution in [0.4, 0.5) is 11.6 Å². The Bertz CT molecular complexity index is 433. The Morgan fingerprint density at radius 3 is 2.30 bits per heavy atom. The average Bonchev–Trinajstić information content (AvgIpc) is 2.44. The van der Waals surface area contributed by atoms with Crippen molar-refractivity contribution < 1.29 is 0 Å². The molecule has 3 N–H and O–H groups in total. The van der Waals surface area contributed by atoms with Crippen LogP contribution in [0.5, 0.6) is 0 Å². The highest BCUT2D eigenvalue weighted by Gasteiger charge is 2.25. The highest BCUT2D eigenvalue weighted by atomic mass is 32.2. The van der Waals surface area contributed by atoms with E-state index in [2.05, 4.69) is 49.2 Å². The highest BCUT2D eigenvalue weighted by Crippen LogP contribution is 2.31. The van der Waals surface area contributed by atoms with E-state index in [1.165, 1.54) is 0 Å².